The standard InChI is InChI=1S/C29H26FNO5S/c1-3-36-29(34)27-20(24-9-6-14-37-24)15-23-26(28(27)33)19(17-10-12-18(35-2)13-11-17)16-25(32)31(23)22-8-5-4-7-21(22)30/h4-14,19-20,27H,3,15-16H2,1-2H3/t19-,20+,27-/m0/s1. The first-order valence-corrected chi connectivity index (χ1v) is 13.0. The number of halogens is 1. The molecule has 2 aliphatic rings. The Morgan fingerprint density at radius 3 is 2.46 bits per heavy atom. The normalized spacial score (nSPS) is 21.6. The van der Waals surface area contributed by atoms with Crippen molar-refractivity contribution in [3.63, 3.8) is 0 Å². The summed E-state index contributed by atoms with van der Waals surface area (Å²) in [5.74, 6) is -3.34. The molecule has 1 aliphatic heterocycles. The minimum absolute atomic E-state index is 0.0373. The third kappa shape index (κ3) is 4.46. The van der Waals surface area contributed by atoms with Crippen LogP contribution in [0.2, 0.25) is 0 Å². The lowest BCUT2D eigenvalue weighted by atomic mass is 9.69. The van der Waals surface area contributed by atoms with Crippen LogP contribution in [-0.2, 0) is 19.1 Å². The third-order valence-electron chi connectivity index (χ3n) is 6.98. The highest BCUT2D eigenvalue weighted by atomic mass is 32.1. The van der Waals surface area contributed by atoms with Crippen molar-refractivity contribution in [2.75, 3.05) is 18.6 Å². The Kier molecular flexibility index (Phi) is 6.93. The quantitative estimate of drug-likeness (QED) is 0.313. The lowest BCUT2D eigenvalue weighted by Crippen LogP contribution is -2.46. The van der Waals surface area contributed by atoms with E-state index in [1.165, 1.54) is 28.4 Å². The van der Waals surface area contributed by atoms with Gasteiger partial charge >= 0.3 is 5.97 Å². The molecule has 1 aliphatic carbocycles. The Hall–Kier alpha value is -3.78. The van der Waals surface area contributed by atoms with E-state index in [4.69, 9.17) is 9.47 Å². The summed E-state index contributed by atoms with van der Waals surface area (Å²) in [7, 11) is 1.56. The summed E-state index contributed by atoms with van der Waals surface area (Å²) in [5.41, 5.74) is 1.64. The number of hydrogen-bond acceptors (Lipinski definition) is 6. The molecule has 5 rings (SSSR count). The highest BCUT2D eigenvalue weighted by Gasteiger charge is 2.50. The van der Waals surface area contributed by atoms with Gasteiger partial charge in [-0.1, -0.05) is 30.3 Å². The fourth-order valence-corrected chi connectivity index (χ4v) is 6.20. The van der Waals surface area contributed by atoms with Gasteiger partial charge in [0, 0.05) is 34.4 Å². The number of Topliss-reactive ketones (excluding diaryl/α,β-unsaturated/α-hetero) is 1. The van der Waals surface area contributed by atoms with Crippen LogP contribution in [0.15, 0.2) is 77.3 Å². The van der Waals surface area contributed by atoms with Crippen LogP contribution in [0.1, 0.15) is 42.0 Å². The van der Waals surface area contributed by atoms with E-state index in [0.29, 0.717) is 17.0 Å². The number of anilines is 1. The van der Waals surface area contributed by atoms with Gasteiger partial charge in [-0.05, 0) is 54.6 Å². The van der Waals surface area contributed by atoms with Crippen molar-refractivity contribution in [1.29, 1.82) is 0 Å². The largest absolute Gasteiger partial charge is 0.497 e. The molecule has 6 nitrogen and oxygen atoms in total. The molecular formula is C29H26FNO5S. The van der Waals surface area contributed by atoms with Crippen molar-refractivity contribution in [3.05, 3.63) is 93.6 Å². The van der Waals surface area contributed by atoms with E-state index >= 15 is 0 Å². The highest BCUT2D eigenvalue weighted by molar-refractivity contribution is 7.10. The molecule has 0 saturated carbocycles. The van der Waals surface area contributed by atoms with Crippen molar-refractivity contribution in [2.24, 2.45) is 5.92 Å². The molecule has 3 aromatic rings. The maximum atomic E-state index is 15.0. The van der Waals surface area contributed by atoms with Gasteiger partial charge in [0.05, 0.1) is 19.4 Å². The molecule has 0 unspecified atom stereocenters. The van der Waals surface area contributed by atoms with Gasteiger partial charge in [-0.25, -0.2) is 4.39 Å². The first-order chi connectivity index (χ1) is 17.9. The molecule has 0 spiro atoms. The second-order valence-electron chi connectivity index (χ2n) is 8.99. The Morgan fingerprint density at radius 1 is 1.05 bits per heavy atom. The highest BCUT2D eigenvalue weighted by Crippen LogP contribution is 2.50. The first-order valence-electron chi connectivity index (χ1n) is 12.1. The lowest BCUT2D eigenvalue weighted by Gasteiger charge is -2.42. The van der Waals surface area contributed by atoms with Gasteiger partial charge in [0.2, 0.25) is 5.91 Å². The van der Waals surface area contributed by atoms with E-state index in [2.05, 4.69) is 0 Å². The maximum Gasteiger partial charge on any atom is 0.317 e. The molecule has 0 bridgehead atoms. The van der Waals surface area contributed by atoms with E-state index in [-0.39, 0.29) is 36.8 Å². The summed E-state index contributed by atoms with van der Waals surface area (Å²) in [4.78, 5) is 43.2. The summed E-state index contributed by atoms with van der Waals surface area (Å²) in [5, 5.41) is 1.88. The molecule has 3 atom stereocenters. The van der Waals surface area contributed by atoms with E-state index in [0.717, 1.165) is 10.4 Å². The Balaban J connectivity index is 1.72. The summed E-state index contributed by atoms with van der Waals surface area (Å²) in [6, 6.07) is 17.0. The van der Waals surface area contributed by atoms with E-state index < -0.39 is 29.5 Å². The van der Waals surface area contributed by atoms with Gasteiger partial charge in [0.1, 0.15) is 17.5 Å². The number of rotatable bonds is 6. The predicted octanol–water partition coefficient (Wildman–Crippen LogP) is 5.61. The minimum atomic E-state index is -1.05. The molecule has 0 saturated heterocycles. The number of thiophene rings is 1. The zero-order valence-electron chi connectivity index (χ0n) is 20.5. The lowest BCUT2D eigenvalue weighted by molar-refractivity contribution is -0.152. The van der Waals surface area contributed by atoms with Crippen LogP contribution in [-0.4, -0.2) is 31.4 Å². The van der Waals surface area contributed by atoms with Gasteiger partial charge in [-0.3, -0.25) is 19.3 Å². The van der Waals surface area contributed by atoms with Gasteiger partial charge in [0.25, 0.3) is 0 Å². The average molecular weight is 520 g/mol. The first kappa shape index (κ1) is 24.9. The van der Waals surface area contributed by atoms with Crippen molar-refractivity contribution < 1.29 is 28.2 Å². The molecule has 190 valence electrons. The number of benzene rings is 2. The fourth-order valence-electron chi connectivity index (χ4n) is 5.34. The predicted molar refractivity (Wildman–Crippen MR) is 138 cm³/mol. The van der Waals surface area contributed by atoms with Crippen molar-refractivity contribution >= 4 is 34.7 Å². The van der Waals surface area contributed by atoms with E-state index in [9.17, 15) is 18.8 Å². The monoisotopic (exact) mass is 519 g/mol. The van der Waals surface area contributed by atoms with Gasteiger partial charge in [0.15, 0.2) is 5.78 Å². The van der Waals surface area contributed by atoms with Crippen LogP contribution in [0.25, 0.3) is 0 Å². The summed E-state index contributed by atoms with van der Waals surface area (Å²) in [6.07, 6.45) is 0.183. The average Bonchev–Trinajstić information content (AvgIpc) is 3.44. The molecule has 1 aromatic heterocycles. The van der Waals surface area contributed by atoms with Crippen LogP contribution in [0.5, 0.6) is 5.75 Å². The van der Waals surface area contributed by atoms with Crippen molar-refractivity contribution in [2.45, 2.75) is 31.6 Å². The molecule has 0 fully saturated rings. The number of amides is 1. The fraction of sp³-hybridized carbons (Fsp3) is 0.276. The van der Waals surface area contributed by atoms with Crippen LogP contribution < -0.4 is 9.64 Å². The summed E-state index contributed by atoms with van der Waals surface area (Å²) >= 11 is 1.44. The number of nitrogens with zero attached hydrogens (tertiary/aromatic N) is 1. The molecule has 37 heavy (non-hydrogen) atoms. The molecule has 2 heterocycles. The molecule has 0 N–H and O–H groups in total. The smallest absolute Gasteiger partial charge is 0.317 e. The Morgan fingerprint density at radius 2 is 1.81 bits per heavy atom. The number of esters is 1. The number of allylic oxidation sites excluding steroid dienone is 2. The number of carbonyl (C=O) groups is 3. The summed E-state index contributed by atoms with van der Waals surface area (Å²) in [6.45, 7) is 1.85. The number of carbonyl (C=O) groups excluding carboxylic acids is 3. The second-order valence-corrected chi connectivity index (χ2v) is 9.97. The second kappa shape index (κ2) is 10.3. The maximum absolute atomic E-state index is 15.0. The number of para-hydroxylation sites is 1. The number of methoxy groups -OCH3 is 1. The zero-order chi connectivity index (χ0) is 26.1. The van der Waals surface area contributed by atoms with Gasteiger partial charge in [-0.15, -0.1) is 11.3 Å². The van der Waals surface area contributed by atoms with Crippen LogP contribution in [0, 0.1) is 11.7 Å². The van der Waals surface area contributed by atoms with E-state index in [1.54, 1.807) is 38.3 Å². The zero-order valence-corrected chi connectivity index (χ0v) is 21.3. The number of ether oxygens (including phenoxy) is 2. The third-order valence-corrected chi connectivity index (χ3v) is 7.99. The van der Waals surface area contributed by atoms with E-state index in [1.807, 2.05) is 29.6 Å². The molecular weight excluding hydrogens is 493 g/mol. The van der Waals surface area contributed by atoms with Gasteiger partial charge in [-0.2, -0.15) is 0 Å². The SMILES string of the molecule is CCOC(=O)[C@@H]1C(=O)C2=C(C[C@@H]1c1cccs1)N(c1ccccc1F)C(=O)C[C@H]2c1ccc(OC)cc1. The Bertz CT molecular complexity index is 1370. The summed E-state index contributed by atoms with van der Waals surface area (Å²) < 4.78 is 25.6. The molecule has 1 amide bonds. The van der Waals surface area contributed by atoms with Crippen molar-refractivity contribution in [1.82, 2.24) is 0 Å². The molecule has 0 radical (unpaired) electrons. The topological polar surface area (TPSA) is 72.9 Å². The number of hydrogen-bond donors (Lipinski definition) is 0. The number of ketones is 1. The van der Waals surface area contributed by atoms with Crippen LogP contribution in [0.3, 0.4) is 0 Å². The minimum Gasteiger partial charge on any atom is -0.497 e. The molecule has 8 heteroatoms. The van der Waals surface area contributed by atoms with Crippen molar-refractivity contribution in [3.8, 4) is 5.75 Å². The van der Waals surface area contributed by atoms with Crippen LogP contribution in [0.4, 0.5) is 10.1 Å². The Labute approximate surface area is 218 Å². The van der Waals surface area contributed by atoms with Gasteiger partial charge < -0.3 is 9.47 Å². The molecule has 2 aromatic carbocycles. The van der Waals surface area contributed by atoms with Crippen LogP contribution >= 0.6 is 11.3 Å².